The highest BCUT2D eigenvalue weighted by Crippen LogP contribution is 2.73. The van der Waals surface area contributed by atoms with Crippen molar-refractivity contribution in [1.29, 1.82) is 0 Å². The Balaban J connectivity index is 1.28. The van der Waals surface area contributed by atoms with Gasteiger partial charge in [0.1, 0.15) is 12.2 Å². The summed E-state index contributed by atoms with van der Waals surface area (Å²) in [5.41, 5.74) is -0.264. The van der Waals surface area contributed by atoms with Gasteiger partial charge in [-0.3, -0.25) is 0 Å². The Morgan fingerprint density at radius 2 is 1.73 bits per heavy atom. The van der Waals surface area contributed by atoms with Crippen LogP contribution in [0.15, 0.2) is 11.6 Å². The minimum atomic E-state index is -1.82. The Kier molecular flexibility index (Phi) is 4.33. The summed E-state index contributed by atoms with van der Waals surface area (Å²) >= 11 is 0. The largest absolute Gasteiger partial charge is 0.365 e. The molecule has 1 unspecified atom stereocenters. The third-order valence-corrected chi connectivity index (χ3v) is 10.9. The molecule has 8 nitrogen and oxygen atoms in total. The van der Waals surface area contributed by atoms with E-state index in [2.05, 4.69) is 19.9 Å². The highest BCUT2D eigenvalue weighted by atomic mass is 16.9. The van der Waals surface area contributed by atoms with E-state index in [9.17, 15) is 10.2 Å². The molecule has 0 amide bonds. The average molecular weight is 465 g/mol. The monoisotopic (exact) mass is 464 g/mol. The molecule has 3 spiro atoms. The predicted molar refractivity (Wildman–Crippen MR) is 113 cm³/mol. The van der Waals surface area contributed by atoms with Crippen LogP contribution < -0.4 is 0 Å². The normalized spacial score (nSPS) is 53.9. The Labute approximate surface area is 194 Å². The second-order valence-electron chi connectivity index (χ2n) is 12.0. The molecule has 2 N–H and O–H groups in total. The van der Waals surface area contributed by atoms with Crippen LogP contribution in [-0.2, 0) is 28.4 Å². The summed E-state index contributed by atoms with van der Waals surface area (Å²) in [5.74, 6) is -3.12. The van der Waals surface area contributed by atoms with Crippen LogP contribution in [0, 0.1) is 28.6 Å². The third-order valence-electron chi connectivity index (χ3n) is 10.9. The van der Waals surface area contributed by atoms with E-state index in [0.29, 0.717) is 19.8 Å². The van der Waals surface area contributed by atoms with E-state index < -0.39 is 28.4 Å². The van der Waals surface area contributed by atoms with Crippen LogP contribution in [0.3, 0.4) is 0 Å². The van der Waals surface area contributed by atoms with Crippen LogP contribution in [0.25, 0.3) is 0 Å². The molecule has 3 saturated heterocycles. The fourth-order valence-corrected chi connectivity index (χ4v) is 9.59. The number of rotatable bonds is 0. The van der Waals surface area contributed by atoms with Crippen molar-refractivity contribution >= 4 is 0 Å². The summed E-state index contributed by atoms with van der Waals surface area (Å²) in [6.45, 7) is 6.31. The Morgan fingerprint density at radius 3 is 2.48 bits per heavy atom. The summed E-state index contributed by atoms with van der Waals surface area (Å²) in [6, 6.07) is 0. The maximum atomic E-state index is 11.8. The molecule has 0 radical (unpaired) electrons. The van der Waals surface area contributed by atoms with Gasteiger partial charge in [0.25, 0.3) is 0 Å². The lowest BCUT2D eigenvalue weighted by Gasteiger charge is -2.64. The SMILES string of the molecule is C[C@]12CCC3(CC1=CC[C@@H]1[C@@H]2C(O)(O)C[C@@]2(C)[C@H]1CC[C@@]21OCOC12COCO2)OCCO3. The molecule has 7 atom stereocenters. The van der Waals surface area contributed by atoms with Crippen LogP contribution in [0.2, 0.25) is 0 Å². The van der Waals surface area contributed by atoms with Crippen molar-refractivity contribution in [2.75, 3.05) is 33.4 Å². The van der Waals surface area contributed by atoms with E-state index in [4.69, 9.17) is 28.4 Å². The standard InChI is InChI=1S/C25H36O8/c1-20-7-8-22(29-9-10-30-22)11-16(20)3-4-17-18-5-6-24(21(18,2)12-23(26,27)19(17)20)25(33-15-31-24)13-28-14-32-25/h3,17-19,26-27H,4-15H2,1-2H3/t17-,18-,19-,20-,21-,24+,25?/m0/s1. The lowest BCUT2D eigenvalue weighted by Crippen LogP contribution is -2.69. The van der Waals surface area contributed by atoms with Gasteiger partial charge in [-0.15, -0.1) is 0 Å². The van der Waals surface area contributed by atoms with Gasteiger partial charge in [0, 0.05) is 30.6 Å². The second kappa shape index (κ2) is 6.59. The Hall–Kier alpha value is -0.580. The second-order valence-corrected chi connectivity index (χ2v) is 12.0. The maximum Gasteiger partial charge on any atom is 0.226 e. The fraction of sp³-hybridized carbons (Fsp3) is 0.920. The first-order valence-electron chi connectivity index (χ1n) is 12.6. The molecule has 7 rings (SSSR count). The van der Waals surface area contributed by atoms with Crippen LogP contribution >= 0.6 is 0 Å². The Morgan fingerprint density at radius 1 is 0.939 bits per heavy atom. The van der Waals surface area contributed by atoms with Crippen molar-refractivity contribution in [3.8, 4) is 0 Å². The van der Waals surface area contributed by atoms with Gasteiger partial charge in [-0.1, -0.05) is 25.5 Å². The van der Waals surface area contributed by atoms with E-state index in [1.165, 1.54) is 5.57 Å². The van der Waals surface area contributed by atoms with Crippen molar-refractivity contribution in [2.24, 2.45) is 28.6 Å². The molecule has 0 bridgehead atoms. The Bertz CT molecular complexity index is 868. The minimum absolute atomic E-state index is 0.146. The lowest BCUT2D eigenvalue weighted by atomic mass is 9.44. The van der Waals surface area contributed by atoms with Gasteiger partial charge in [0.15, 0.2) is 25.2 Å². The van der Waals surface area contributed by atoms with Gasteiger partial charge in [-0.25, -0.2) is 0 Å². The maximum absolute atomic E-state index is 11.8. The fourth-order valence-electron chi connectivity index (χ4n) is 9.59. The van der Waals surface area contributed by atoms with E-state index >= 15 is 0 Å². The number of aliphatic hydroxyl groups is 2. The number of hydrogen-bond donors (Lipinski definition) is 2. The van der Waals surface area contributed by atoms with E-state index in [1.807, 2.05) is 0 Å². The quantitative estimate of drug-likeness (QED) is 0.417. The van der Waals surface area contributed by atoms with Crippen LogP contribution in [0.5, 0.6) is 0 Å². The van der Waals surface area contributed by atoms with Gasteiger partial charge in [-0.2, -0.15) is 0 Å². The molecule has 3 aliphatic heterocycles. The zero-order valence-electron chi connectivity index (χ0n) is 19.6. The molecule has 33 heavy (non-hydrogen) atoms. The smallest absolute Gasteiger partial charge is 0.226 e. The van der Waals surface area contributed by atoms with Gasteiger partial charge in [0.2, 0.25) is 5.79 Å². The topological polar surface area (TPSA) is 95.8 Å². The van der Waals surface area contributed by atoms with Crippen molar-refractivity contribution < 1.29 is 38.6 Å². The summed E-state index contributed by atoms with van der Waals surface area (Å²) in [5, 5.41) is 23.6. The first-order chi connectivity index (χ1) is 15.7. The first-order valence-corrected chi connectivity index (χ1v) is 12.6. The van der Waals surface area contributed by atoms with Crippen molar-refractivity contribution in [3.63, 3.8) is 0 Å². The molecule has 3 heterocycles. The predicted octanol–water partition coefficient (Wildman–Crippen LogP) is 2.43. The zero-order valence-corrected chi connectivity index (χ0v) is 19.6. The summed E-state index contributed by atoms with van der Waals surface area (Å²) in [6.07, 6.45) is 7.50. The number of fused-ring (bicyclic) bond motifs is 7. The van der Waals surface area contributed by atoms with Crippen molar-refractivity contribution in [1.82, 2.24) is 0 Å². The van der Waals surface area contributed by atoms with Gasteiger partial charge >= 0.3 is 0 Å². The zero-order chi connectivity index (χ0) is 22.7. The molecular weight excluding hydrogens is 428 g/mol. The molecule has 0 aromatic rings. The first kappa shape index (κ1) is 21.7. The van der Waals surface area contributed by atoms with E-state index in [-0.39, 0.29) is 43.2 Å². The molecule has 0 aromatic heterocycles. The molecule has 8 heteroatoms. The summed E-state index contributed by atoms with van der Waals surface area (Å²) in [7, 11) is 0. The van der Waals surface area contributed by atoms with E-state index in [1.54, 1.807) is 0 Å². The summed E-state index contributed by atoms with van der Waals surface area (Å²) < 4.78 is 36.1. The van der Waals surface area contributed by atoms with Crippen molar-refractivity contribution in [3.05, 3.63) is 11.6 Å². The minimum Gasteiger partial charge on any atom is -0.365 e. The lowest BCUT2D eigenvalue weighted by molar-refractivity contribution is -0.324. The van der Waals surface area contributed by atoms with E-state index in [0.717, 1.165) is 38.5 Å². The third kappa shape index (κ3) is 2.49. The highest BCUT2D eigenvalue weighted by Gasteiger charge is 2.78. The molecule has 0 aromatic carbocycles. The molecular formula is C25H36O8. The number of allylic oxidation sites excluding steroid dienone is 1. The average Bonchev–Trinajstić information content (AvgIpc) is 3.53. The van der Waals surface area contributed by atoms with Crippen LogP contribution in [-0.4, -0.2) is 66.6 Å². The molecule has 7 aliphatic rings. The highest BCUT2D eigenvalue weighted by molar-refractivity contribution is 5.30. The summed E-state index contributed by atoms with van der Waals surface area (Å²) in [4.78, 5) is 0. The number of ether oxygens (including phenoxy) is 6. The molecule has 3 saturated carbocycles. The van der Waals surface area contributed by atoms with Crippen LogP contribution in [0.4, 0.5) is 0 Å². The van der Waals surface area contributed by atoms with Gasteiger partial charge < -0.3 is 38.6 Å². The van der Waals surface area contributed by atoms with Gasteiger partial charge in [-0.05, 0) is 42.9 Å². The van der Waals surface area contributed by atoms with Crippen molar-refractivity contribution in [2.45, 2.75) is 81.8 Å². The molecule has 4 aliphatic carbocycles. The molecule has 184 valence electrons. The van der Waals surface area contributed by atoms with Crippen LogP contribution in [0.1, 0.15) is 58.8 Å². The molecule has 6 fully saturated rings. The number of hydrogen-bond acceptors (Lipinski definition) is 8. The van der Waals surface area contributed by atoms with Gasteiger partial charge in [0.05, 0.1) is 13.2 Å².